The molecule has 3 heterocycles. The number of hydrogen-bond donors (Lipinski definition) is 0. The fraction of sp³-hybridized carbons (Fsp3) is 0.190. The minimum absolute atomic E-state index is 0.0999. The van der Waals surface area contributed by atoms with Gasteiger partial charge in [-0.25, -0.2) is 0 Å². The molecule has 5 rings (SSSR count). The van der Waals surface area contributed by atoms with Gasteiger partial charge in [0.1, 0.15) is 11.9 Å². The zero-order valence-electron chi connectivity index (χ0n) is 15.9. The SMILES string of the molecule is FC(F)(F)Oc1ccc(-c2noc(-c3cc4n(n3)C[C@H](c3ccccc3)OC4)n2)cc1. The van der Waals surface area contributed by atoms with Gasteiger partial charge in [-0.15, -0.1) is 13.2 Å². The average Bonchev–Trinajstić information content (AvgIpc) is 3.40. The third-order valence-electron chi connectivity index (χ3n) is 4.80. The van der Waals surface area contributed by atoms with Gasteiger partial charge in [-0.1, -0.05) is 35.5 Å². The maximum Gasteiger partial charge on any atom is 0.573 e. The average molecular weight is 428 g/mol. The van der Waals surface area contributed by atoms with E-state index in [0.29, 0.717) is 24.4 Å². The molecule has 0 saturated carbocycles. The van der Waals surface area contributed by atoms with Crippen LogP contribution in [0.5, 0.6) is 5.75 Å². The van der Waals surface area contributed by atoms with E-state index in [9.17, 15) is 13.2 Å². The summed E-state index contributed by atoms with van der Waals surface area (Å²) in [5.74, 6) is 0.122. The molecule has 1 aliphatic heterocycles. The van der Waals surface area contributed by atoms with Crippen molar-refractivity contribution in [3.05, 3.63) is 71.9 Å². The Bertz CT molecular complexity index is 1190. The minimum atomic E-state index is -4.75. The van der Waals surface area contributed by atoms with E-state index in [2.05, 4.69) is 20.0 Å². The molecule has 0 fully saturated rings. The fourth-order valence-electron chi connectivity index (χ4n) is 3.35. The first kappa shape index (κ1) is 19.3. The number of aromatic nitrogens is 4. The summed E-state index contributed by atoms with van der Waals surface area (Å²) in [7, 11) is 0. The lowest BCUT2D eigenvalue weighted by Crippen LogP contribution is -2.21. The number of nitrogens with zero attached hydrogens (tertiary/aromatic N) is 4. The van der Waals surface area contributed by atoms with Crippen LogP contribution in [0.3, 0.4) is 0 Å². The van der Waals surface area contributed by atoms with Crippen molar-refractivity contribution in [3.8, 4) is 28.7 Å². The quantitative estimate of drug-likeness (QED) is 0.466. The van der Waals surface area contributed by atoms with Crippen LogP contribution >= 0.6 is 0 Å². The van der Waals surface area contributed by atoms with Gasteiger partial charge in [-0.2, -0.15) is 10.1 Å². The van der Waals surface area contributed by atoms with Crippen LogP contribution in [-0.2, 0) is 17.9 Å². The molecular weight excluding hydrogens is 413 g/mol. The fourth-order valence-corrected chi connectivity index (χ4v) is 3.35. The Labute approximate surface area is 174 Å². The molecule has 1 aliphatic rings. The Kier molecular flexibility index (Phi) is 4.70. The maximum atomic E-state index is 12.3. The van der Waals surface area contributed by atoms with E-state index < -0.39 is 6.36 Å². The maximum absolute atomic E-state index is 12.3. The monoisotopic (exact) mass is 428 g/mol. The molecule has 2 aromatic heterocycles. The Balaban J connectivity index is 1.34. The predicted octanol–water partition coefficient (Wildman–Crippen LogP) is 4.77. The van der Waals surface area contributed by atoms with Crippen molar-refractivity contribution in [1.82, 2.24) is 19.9 Å². The summed E-state index contributed by atoms with van der Waals surface area (Å²) in [5, 5.41) is 8.46. The van der Waals surface area contributed by atoms with Crippen molar-refractivity contribution in [2.45, 2.75) is 25.6 Å². The van der Waals surface area contributed by atoms with Crippen LogP contribution in [0.2, 0.25) is 0 Å². The second kappa shape index (κ2) is 7.55. The molecule has 1 atom stereocenters. The zero-order valence-corrected chi connectivity index (χ0v) is 15.9. The van der Waals surface area contributed by atoms with Crippen molar-refractivity contribution in [2.24, 2.45) is 0 Å². The number of hydrogen-bond acceptors (Lipinski definition) is 6. The van der Waals surface area contributed by atoms with E-state index in [1.165, 1.54) is 24.3 Å². The molecule has 158 valence electrons. The van der Waals surface area contributed by atoms with E-state index in [0.717, 1.165) is 11.3 Å². The van der Waals surface area contributed by atoms with Crippen LogP contribution in [0, 0.1) is 0 Å². The summed E-state index contributed by atoms with van der Waals surface area (Å²) in [6.07, 6.45) is -4.85. The number of fused-ring (bicyclic) bond motifs is 1. The second-order valence-corrected chi connectivity index (χ2v) is 6.91. The largest absolute Gasteiger partial charge is 0.573 e. The highest BCUT2D eigenvalue weighted by Crippen LogP contribution is 2.30. The molecule has 4 aromatic rings. The molecule has 0 N–H and O–H groups in total. The Hall–Kier alpha value is -3.66. The van der Waals surface area contributed by atoms with Crippen LogP contribution in [0.4, 0.5) is 13.2 Å². The van der Waals surface area contributed by atoms with Crippen LogP contribution in [0.15, 0.2) is 65.2 Å². The Morgan fingerprint density at radius 3 is 2.55 bits per heavy atom. The molecule has 7 nitrogen and oxygen atoms in total. The number of benzene rings is 2. The lowest BCUT2D eigenvalue weighted by atomic mass is 10.1. The zero-order chi connectivity index (χ0) is 21.4. The van der Waals surface area contributed by atoms with Crippen molar-refractivity contribution in [1.29, 1.82) is 0 Å². The van der Waals surface area contributed by atoms with E-state index in [1.54, 1.807) is 0 Å². The Morgan fingerprint density at radius 2 is 1.81 bits per heavy atom. The highest BCUT2D eigenvalue weighted by Gasteiger charge is 2.31. The van der Waals surface area contributed by atoms with Gasteiger partial charge >= 0.3 is 6.36 Å². The number of halogens is 3. The van der Waals surface area contributed by atoms with Gasteiger partial charge in [-0.05, 0) is 35.9 Å². The first-order valence-corrected chi connectivity index (χ1v) is 9.38. The van der Waals surface area contributed by atoms with Gasteiger partial charge in [0.05, 0.1) is 18.8 Å². The molecule has 31 heavy (non-hydrogen) atoms. The van der Waals surface area contributed by atoms with E-state index in [1.807, 2.05) is 41.1 Å². The van der Waals surface area contributed by atoms with Crippen molar-refractivity contribution < 1.29 is 27.2 Å². The second-order valence-electron chi connectivity index (χ2n) is 6.91. The van der Waals surface area contributed by atoms with Crippen LogP contribution in [0.1, 0.15) is 17.4 Å². The van der Waals surface area contributed by atoms with Crippen molar-refractivity contribution in [2.75, 3.05) is 0 Å². The van der Waals surface area contributed by atoms with Gasteiger partial charge in [0.15, 0.2) is 5.69 Å². The molecule has 0 saturated heterocycles. The third kappa shape index (κ3) is 4.15. The lowest BCUT2D eigenvalue weighted by Gasteiger charge is -2.24. The number of ether oxygens (including phenoxy) is 2. The molecule has 0 aliphatic carbocycles. The van der Waals surface area contributed by atoms with Gasteiger partial charge < -0.3 is 14.0 Å². The smallest absolute Gasteiger partial charge is 0.406 e. The first-order valence-electron chi connectivity index (χ1n) is 9.38. The third-order valence-corrected chi connectivity index (χ3v) is 4.80. The standard InChI is InChI=1S/C21H15F3N4O3/c22-21(23,24)30-16-8-6-14(7-9-16)19-25-20(31-27-19)17-10-15-12-29-18(11-28(15)26-17)13-4-2-1-3-5-13/h1-10,18H,11-12H2/t18-/m1/s1. The Morgan fingerprint density at radius 1 is 1.03 bits per heavy atom. The molecule has 10 heteroatoms. The number of rotatable bonds is 4. The van der Waals surface area contributed by atoms with Crippen LogP contribution in [-0.4, -0.2) is 26.3 Å². The van der Waals surface area contributed by atoms with Crippen molar-refractivity contribution >= 4 is 0 Å². The molecule has 0 amide bonds. The van der Waals surface area contributed by atoms with Gasteiger partial charge in [0, 0.05) is 5.56 Å². The van der Waals surface area contributed by atoms with E-state index >= 15 is 0 Å². The number of alkyl halides is 3. The van der Waals surface area contributed by atoms with Crippen LogP contribution < -0.4 is 4.74 Å². The topological polar surface area (TPSA) is 75.2 Å². The molecular formula is C21H15F3N4O3. The summed E-state index contributed by atoms with van der Waals surface area (Å²) >= 11 is 0. The highest BCUT2D eigenvalue weighted by molar-refractivity contribution is 5.59. The van der Waals surface area contributed by atoms with Crippen molar-refractivity contribution in [3.63, 3.8) is 0 Å². The van der Waals surface area contributed by atoms with Gasteiger partial charge in [0.2, 0.25) is 5.82 Å². The predicted molar refractivity (Wildman–Crippen MR) is 102 cm³/mol. The van der Waals surface area contributed by atoms with E-state index in [-0.39, 0.29) is 23.6 Å². The highest BCUT2D eigenvalue weighted by atomic mass is 19.4. The summed E-state index contributed by atoms with van der Waals surface area (Å²) in [4.78, 5) is 4.32. The first-order chi connectivity index (χ1) is 14.9. The van der Waals surface area contributed by atoms with E-state index in [4.69, 9.17) is 9.26 Å². The summed E-state index contributed by atoms with van der Waals surface area (Å²) in [6.45, 7) is 0.954. The van der Waals surface area contributed by atoms with Crippen LogP contribution in [0.25, 0.3) is 23.0 Å². The molecule has 0 bridgehead atoms. The molecule has 0 radical (unpaired) electrons. The molecule has 2 aromatic carbocycles. The van der Waals surface area contributed by atoms with Gasteiger partial charge in [0.25, 0.3) is 5.89 Å². The minimum Gasteiger partial charge on any atom is -0.406 e. The summed E-state index contributed by atoms with van der Waals surface area (Å²) in [5.41, 5.74) is 2.95. The summed E-state index contributed by atoms with van der Waals surface area (Å²) < 4.78 is 53.9. The molecule has 0 spiro atoms. The molecule has 0 unspecified atom stereocenters. The van der Waals surface area contributed by atoms with Gasteiger partial charge in [-0.3, -0.25) is 4.68 Å². The normalized spacial score (nSPS) is 16.2. The lowest BCUT2D eigenvalue weighted by molar-refractivity contribution is -0.274. The summed E-state index contributed by atoms with van der Waals surface area (Å²) in [6, 6.07) is 16.9.